The Balaban J connectivity index is 1.60. The third-order valence-corrected chi connectivity index (χ3v) is 6.41. The van der Waals surface area contributed by atoms with Crippen LogP contribution in [0.1, 0.15) is 28.5 Å². The molecule has 0 unspecified atom stereocenters. The average molecular weight is 527 g/mol. The summed E-state index contributed by atoms with van der Waals surface area (Å²) in [7, 11) is 3.03. The highest BCUT2D eigenvalue weighted by atomic mass is 16.5. The van der Waals surface area contributed by atoms with E-state index in [1.807, 2.05) is 30.3 Å². The largest absolute Gasteiger partial charge is 0.507 e. The number of methoxy groups -OCH3 is 2. The number of hydrogen-bond donors (Lipinski definition) is 1. The SMILES string of the molecule is COc1ccc(/C(O)=C2\C(=O)C(=O)N(c3cc(C)on3)[C@H]2c2ccc(OCc3ccccc3)c(OC)c2)cc1. The summed E-state index contributed by atoms with van der Waals surface area (Å²) in [4.78, 5) is 27.9. The van der Waals surface area contributed by atoms with Crippen LogP contribution < -0.4 is 19.1 Å². The summed E-state index contributed by atoms with van der Waals surface area (Å²) in [6.45, 7) is 2.01. The van der Waals surface area contributed by atoms with Crippen molar-refractivity contribution in [1.29, 1.82) is 0 Å². The highest BCUT2D eigenvalue weighted by Gasteiger charge is 2.48. The van der Waals surface area contributed by atoms with Crippen LogP contribution in [0.2, 0.25) is 0 Å². The van der Waals surface area contributed by atoms with Gasteiger partial charge in [-0.05, 0) is 54.4 Å². The lowest BCUT2D eigenvalue weighted by Gasteiger charge is -2.24. The van der Waals surface area contributed by atoms with E-state index in [1.54, 1.807) is 55.5 Å². The second-order valence-electron chi connectivity index (χ2n) is 8.88. The zero-order chi connectivity index (χ0) is 27.5. The van der Waals surface area contributed by atoms with Gasteiger partial charge >= 0.3 is 5.91 Å². The maximum atomic E-state index is 13.4. The van der Waals surface area contributed by atoms with Crippen molar-refractivity contribution in [3.05, 3.63) is 107 Å². The molecule has 0 spiro atoms. The highest BCUT2D eigenvalue weighted by molar-refractivity contribution is 6.51. The van der Waals surface area contributed by atoms with E-state index in [0.29, 0.717) is 40.7 Å². The molecule has 5 rings (SSSR count). The van der Waals surface area contributed by atoms with E-state index in [0.717, 1.165) is 5.56 Å². The Bertz CT molecular complexity index is 1540. The molecule has 9 nitrogen and oxygen atoms in total. The van der Waals surface area contributed by atoms with Crippen LogP contribution >= 0.6 is 0 Å². The molecule has 1 aliphatic heterocycles. The van der Waals surface area contributed by atoms with Gasteiger partial charge in [-0.2, -0.15) is 0 Å². The number of aliphatic hydroxyl groups excluding tert-OH is 1. The van der Waals surface area contributed by atoms with Crippen molar-refractivity contribution in [2.75, 3.05) is 19.1 Å². The summed E-state index contributed by atoms with van der Waals surface area (Å²) in [5, 5.41) is 15.3. The van der Waals surface area contributed by atoms with E-state index in [1.165, 1.54) is 19.1 Å². The molecular weight excluding hydrogens is 500 g/mol. The molecule has 1 amide bonds. The van der Waals surface area contributed by atoms with Gasteiger partial charge < -0.3 is 23.8 Å². The molecule has 4 aromatic rings. The molecule has 3 aromatic carbocycles. The van der Waals surface area contributed by atoms with Gasteiger partial charge in [0.1, 0.15) is 23.9 Å². The summed E-state index contributed by atoms with van der Waals surface area (Å²) in [5.74, 6) is 0.0534. The number of benzene rings is 3. The van der Waals surface area contributed by atoms with E-state index in [4.69, 9.17) is 18.7 Å². The van der Waals surface area contributed by atoms with Gasteiger partial charge in [-0.25, -0.2) is 0 Å². The lowest BCUT2D eigenvalue weighted by molar-refractivity contribution is -0.132. The monoisotopic (exact) mass is 526 g/mol. The highest BCUT2D eigenvalue weighted by Crippen LogP contribution is 2.44. The molecule has 39 heavy (non-hydrogen) atoms. The summed E-state index contributed by atoms with van der Waals surface area (Å²) >= 11 is 0. The van der Waals surface area contributed by atoms with E-state index in [-0.39, 0.29) is 17.2 Å². The predicted octanol–water partition coefficient (Wildman–Crippen LogP) is 5.21. The third-order valence-electron chi connectivity index (χ3n) is 6.41. The number of amides is 1. The number of carbonyl (C=O) groups is 2. The number of ketones is 1. The molecule has 1 fully saturated rings. The van der Waals surface area contributed by atoms with E-state index >= 15 is 0 Å². The molecule has 1 aliphatic rings. The molecule has 198 valence electrons. The number of aliphatic hydroxyl groups is 1. The molecule has 0 radical (unpaired) electrons. The van der Waals surface area contributed by atoms with Crippen molar-refractivity contribution in [3.8, 4) is 17.2 Å². The van der Waals surface area contributed by atoms with Crippen molar-refractivity contribution in [3.63, 3.8) is 0 Å². The van der Waals surface area contributed by atoms with Crippen LogP contribution in [0.25, 0.3) is 5.76 Å². The zero-order valence-corrected chi connectivity index (χ0v) is 21.6. The lowest BCUT2D eigenvalue weighted by Crippen LogP contribution is -2.29. The molecule has 1 atom stereocenters. The maximum Gasteiger partial charge on any atom is 0.301 e. The van der Waals surface area contributed by atoms with Gasteiger partial charge in [-0.3, -0.25) is 14.5 Å². The van der Waals surface area contributed by atoms with Gasteiger partial charge in [0.05, 0.1) is 25.8 Å². The first-order valence-electron chi connectivity index (χ1n) is 12.1. The van der Waals surface area contributed by atoms with Crippen LogP contribution in [0.4, 0.5) is 5.82 Å². The van der Waals surface area contributed by atoms with Gasteiger partial charge in [0.15, 0.2) is 17.3 Å². The number of hydrogen-bond acceptors (Lipinski definition) is 8. The number of carbonyl (C=O) groups excluding carboxylic acids is 2. The number of nitrogens with zero attached hydrogens (tertiary/aromatic N) is 2. The van der Waals surface area contributed by atoms with Crippen LogP contribution in [0.15, 0.2) is 89.0 Å². The molecule has 9 heteroatoms. The van der Waals surface area contributed by atoms with Crippen LogP contribution in [-0.2, 0) is 16.2 Å². The first-order valence-corrected chi connectivity index (χ1v) is 12.1. The van der Waals surface area contributed by atoms with Crippen LogP contribution in [-0.4, -0.2) is 36.2 Å². The van der Waals surface area contributed by atoms with Crippen molar-refractivity contribution in [2.24, 2.45) is 0 Å². The first kappa shape index (κ1) is 25.6. The second kappa shape index (κ2) is 10.7. The van der Waals surface area contributed by atoms with Gasteiger partial charge in [0, 0.05) is 11.6 Å². The fourth-order valence-corrected chi connectivity index (χ4v) is 4.46. The fraction of sp³-hybridized carbons (Fsp3) is 0.167. The number of aromatic nitrogens is 1. The molecule has 0 aliphatic carbocycles. The predicted molar refractivity (Wildman–Crippen MR) is 143 cm³/mol. The third kappa shape index (κ3) is 4.94. The molecule has 0 bridgehead atoms. The van der Waals surface area contributed by atoms with E-state index in [9.17, 15) is 14.7 Å². The van der Waals surface area contributed by atoms with Crippen LogP contribution in [0, 0.1) is 6.92 Å². The van der Waals surface area contributed by atoms with Gasteiger partial charge in [-0.1, -0.05) is 41.6 Å². The number of anilines is 1. The van der Waals surface area contributed by atoms with E-state index in [2.05, 4.69) is 5.16 Å². The van der Waals surface area contributed by atoms with Crippen LogP contribution in [0.3, 0.4) is 0 Å². The van der Waals surface area contributed by atoms with Gasteiger partial charge in [0.25, 0.3) is 5.78 Å². The van der Waals surface area contributed by atoms with Crippen molar-refractivity contribution >= 4 is 23.3 Å². The topological polar surface area (TPSA) is 111 Å². The Labute approximate surface area is 224 Å². The Kier molecular flexibility index (Phi) is 7.05. The fourth-order valence-electron chi connectivity index (χ4n) is 4.46. The van der Waals surface area contributed by atoms with Crippen molar-refractivity contribution in [1.82, 2.24) is 5.16 Å². The summed E-state index contributed by atoms with van der Waals surface area (Å²) in [6.07, 6.45) is 0. The minimum atomic E-state index is -1.01. The first-order chi connectivity index (χ1) is 18.9. The number of Topliss-reactive ketones (excluding diaryl/α,β-unsaturated/α-hetero) is 1. The second-order valence-corrected chi connectivity index (χ2v) is 8.88. The zero-order valence-electron chi connectivity index (χ0n) is 21.6. The summed E-state index contributed by atoms with van der Waals surface area (Å²) in [6, 6.07) is 21.9. The Morgan fingerprint density at radius 1 is 0.949 bits per heavy atom. The quantitative estimate of drug-likeness (QED) is 0.189. The Hall–Kier alpha value is -5.05. The molecule has 1 aromatic heterocycles. The summed E-state index contributed by atoms with van der Waals surface area (Å²) in [5.41, 5.74) is 1.75. The lowest BCUT2D eigenvalue weighted by atomic mass is 9.95. The van der Waals surface area contributed by atoms with Gasteiger partial charge in [0.2, 0.25) is 0 Å². The van der Waals surface area contributed by atoms with Gasteiger partial charge in [-0.15, -0.1) is 0 Å². The number of rotatable bonds is 8. The normalized spacial score (nSPS) is 16.4. The number of ether oxygens (including phenoxy) is 3. The molecule has 2 heterocycles. The maximum absolute atomic E-state index is 13.4. The average Bonchev–Trinajstić information content (AvgIpc) is 3.51. The molecule has 1 saturated heterocycles. The number of aryl methyl sites for hydroxylation is 1. The molecule has 0 saturated carbocycles. The Morgan fingerprint density at radius 3 is 2.33 bits per heavy atom. The van der Waals surface area contributed by atoms with E-state index < -0.39 is 17.7 Å². The van der Waals surface area contributed by atoms with Crippen LogP contribution in [0.5, 0.6) is 17.2 Å². The summed E-state index contributed by atoms with van der Waals surface area (Å²) < 4.78 is 22.0. The van der Waals surface area contributed by atoms with Crippen molar-refractivity contribution in [2.45, 2.75) is 19.6 Å². The standard InChI is InChI=1S/C30H26N2O7/c1-18-15-25(31-39-18)32-27(26(29(34)30(32)35)28(33)20-9-12-22(36-2)13-10-20)21-11-14-23(24(16-21)37-3)38-17-19-7-5-4-6-8-19/h4-16,27,33H,17H2,1-3H3/b28-26+/t27-/m0/s1. The van der Waals surface area contributed by atoms with Crippen molar-refractivity contribution < 1.29 is 33.4 Å². The minimum Gasteiger partial charge on any atom is -0.507 e. The molecular formula is C30H26N2O7. The Morgan fingerprint density at radius 2 is 1.69 bits per heavy atom. The minimum absolute atomic E-state index is 0.0918. The molecule has 1 N–H and O–H groups in total. The smallest absolute Gasteiger partial charge is 0.301 e.